The molecule has 4 heteroatoms. The van der Waals surface area contributed by atoms with Gasteiger partial charge < -0.3 is 9.30 Å². The highest BCUT2D eigenvalue weighted by molar-refractivity contribution is 5.73. The largest absolute Gasteiger partial charge is 0.464 e. The molecule has 0 fully saturated rings. The molecule has 0 saturated carbocycles. The minimum atomic E-state index is -0.295. The molecule has 14 heavy (non-hydrogen) atoms. The number of aromatic nitrogens is 2. The second-order valence-corrected chi connectivity index (χ2v) is 3.25. The van der Waals surface area contributed by atoms with Gasteiger partial charge in [-0.15, -0.1) is 0 Å². The second kappa shape index (κ2) is 4.26. The first-order valence-electron chi connectivity index (χ1n) is 4.74. The van der Waals surface area contributed by atoms with Gasteiger partial charge >= 0.3 is 5.97 Å². The van der Waals surface area contributed by atoms with Gasteiger partial charge in [-0.05, 0) is 27.7 Å². The van der Waals surface area contributed by atoms with Gasteiger partial charge in [-0.25, -0.2) is 9.78 Å². The van der Waals surface area contributed by atoms with Crippen LogP contribution in [0.5, 0.6) is 0 Å². The van der Waals surface area contributed by atoms with Crippen molar-refractivity contribution in [1.82, 2.24) is 9.55 Å². The van der Waals surface area contributed by atoms with Gasteiger partial charge in [-0.1, -0.05) is 0 Å². The SMILES string of the molecule is CCOC(=O)C(C)n1cnc(C)c1C. The molecule has 0 amide bonds. The Morgan fingerprint density at radius 1 is 1.64 bits per heavy atom. The molecule has 1 atom stereocenters. The number of imidazole rings is 1. The van der Waals surface area contributed by atoms with E-state index in [0.717, 1.165) is 11.4 Å². The summed E-state index contributed by atoms with van der Waals surface area (Å²) in [4.78, 5) is 15.6. The molecule has 0 saturated heterocycles. The van der Waals surface area contributed by atoms with Crippen LogP contribution >= 0.6 is 0 Å². The van der Waals surface area contributed by atoms with E-state index in [9.17, 15) is 4.79 Å². The maximum atomic E-state index is 11.4. The fourth-order valence-corrected chi connectivity index (χ4v) is 1.28. The van der Waals surface area contributed by atoms with Crippen molar-refractivity contribution in [2.75, 3.05) is 6.61 Å². The third-order valence-corrected chi connectivity index (χ3v) is 2.33. The van der Waals surface area contributed by atoms with Gasteiger partial charge in [0.1, 0.15) is 6.04 Å². The van der Waals surface area contributed by atoms with Gasteiger partial charge in [-0.3, -0.25) is 0 Å². The Morgan fingerprint density at radius 3 is 2.71 bits per heavy atom. The topological polar surface area (TPSA) is 44.1 Å². The molecule has 4 nitrogen and oxygen atoms in total. The van der Waals surface area contributed by atoms with E-state index in [0.29, 0.717) is 6.61 Å². The molecule has 0 radical (unpaired) electrons. The third kappa shape index (κ3) is 1.95. The van der Waals surface area contributed by atoms with E-state index in [-0.39, 0.29) is 12.0 Å². The van der Waals surface area contributed by atoms with Crippen molar-refractivity contribution >= 4 is 5.97 Å². The number of carbonyl (C=O) groups is 1. The van der Waals surface area contributed by atoms with Crippen molar-refractivity contribution in [1.29, 1.82) is 0 Å². The maximum Gasteiger partial charge on any atom is 0.328 e. The van der Waals surface area contributed by atoms with E-state index in [1.807, 2.05) is 25.3 Å². The Morgan fingerprint density at radius 2 is 2.29 bits per heavy atom. The van der Waals surface area contributed by atoms with E-state index in [1.165, 1.54) is 0 Å². The van der Waals surface area contributed by atoms with Crippen LogP contribution in [-0.2, 0) is 9.53 Å². The summed E-state index contributed by atoms with van der Waals surface area (Å²) in [7, 11) is 0. The summed E-state index contributed by atoms with van der Waals surface area (Å²) in [6.45, 7) is 7.89. The van der Waals surface area contributed by atoms with Crippen molar-refractivity contribution in [3.05, 3.63) is 17.7 Å². The van der Waals surface area contributed by atoms with Crippen LogP contribution in [0.3, 0.4) is 0 Å². The Bertz CT molecular complexity index is 331. The standard InChI is InChI=1S/C10H16N2O2/c1-5-14-10(13)9(4)12-6-11-7(2)8(12)3/h6,9H,5H2,1-4H3. The molecule has 78 valence electrons. The van der Waals surface area contributed by atoms with Crippen molar-refractivity contribution in [3.8, 4) is 0 Å². The fraction of sp³-hybridized carbons (Fsp3) is 0.600. The fourth-order valence-electron chi connectivity index (χ4n) is 1.28. The average Bonchev–Trinajstić information content (AvgIpc) is 2.47. The predicted molar refractivity (Wildman–Crippen MR) is 53.0 cm³/mol. The van der Waals surface area contributed by atoms with Gasteiger partial charge in [0.25, 0.3) is 0 Å². The Labute approximate surface area is 83.9 Å². The lowest BCUT2D eigenvalue weighted by molar-refractivity contribution is -0.146. The van der Waals surface area contributed by atoms with Gasteiger partial charge in [-0.2, -0.15) is 0 Å². The summed E-state index contributed by atoms with van der Waals surface area (Å²) >= 11 is 0. The number of esters is 1. The normalized spacial score (nSPS) is 12.6. The Balaban J connectivity index is 2.83. The summed E-state index contributed by atoms with van der Waals surface area (Å²) in [5.41, 5.74) is 1.95. The van der Waals surface area contributed by atoms with Crippen LogP contribution < -0.4 is 0 Å². The van der Waals surface area contributed by atoms with E-state index in [2.05, 4.69) is 4.98 Å². The number of hydrogen-bond donors (Lipinski definition) is 0. The highest BCUT2D eigenvalue weighted by Gasteiger charge is 2.17. The van der Waals surface area contributed by atoms with Crippen molar-refractivity contribution < 1.29 is 9.53 Å². The number of aryl methyl sites for hydroxylation is 1. The molecule has 1 aromatic rings. The summed E-state index contributed by atoms with van der Waals surface area (Å²) < 4.78 is 6.76. The number of nitrogens with zero attached hydrogens (tertiary/aromatic N) is 2. The zero-order valence-electron chi connectivity index (χ0n) is 9.07. The first-order valence-corrected chi connectivity index (χ1v) is 4.74. The van der Waals surface area contributed by atoms with Crippen LogP contribution in [0.15, 0.2) is 6.33 Å². The van der Waals surface area contributed by atoms with Crippen LogP contribution in [0.4, 0.5) is 0 Å². The first-order chi connectivity index (χ1) is 6.57. The molecular formula is C10H16N2O2. The molecule has 1 unspecified atom stereocenters. The molecule has 0 aliphatic heterocycles. The monoisotopic (exact) mass is 196 g/mol. The minimum absolute atomic E-state index is 0.215. The lowest BCUT2D eigenvalue weighted by atomic mass is 10.3. The van der Waals surface area contributed by atoms with Gasteiger partial charge in [0.2, 0.25) is 0 Å². The van der Waals surface area contributed by atoms with Gasteiger partial charge in [0, 0.05) is 5.69 Å². The van der Waals surface area contributed by atoms with E-state index in [4.69, 9.17) is 4.74 Å². The number of hydrogen-bond acceptors (Lipinski definition) is 3. The maximum absolute atomic E-state index is 11.4. The molecule has 1 rings (SSSR count). The first kappa shape index (κ1) is 10.8. The zero-order chi connectivity index (χ0) is 10.7. The average molecular weight is 196 g/mol. The molecule has 0 aromatic carbocycles. The molecule has 1 aromatic heterocycles. The highest BCUT2D eigenvalue weighted by Crippen LogP contribution is 2.13. The van der Waals surface area contributed by atoms with E-state index < -0.39 is 0 Å². The Hall–Kier alpha value is -1.32. The second-order valence-electron chi connectivity index (χ2n) is 3.25. The van der Waals surface area contributed by atoms with Crippen molar-refractivity contribution in [2.24, 2.45) is 0 Å². The minimum Gasteiger partial charge on any atom is -0.464 e. The smallest absolute Gasteiger partial charge is 0.328 e. The number of carbonyl (C=O) groups excluding carboxylic acids is 1. The molecular weight excluding hydrogens is 180 g/mol. The Kier molecular flexibility index (Phi) is 3.28. The van der Waals surface area contributed by atoms with Crippen LogP contribution in [0, 0.1) is 13.8 Å². The van der Waals surface area contributed by atoms with Gasteiger partial charge in [0.05, 0.1) is 18.6 Å². The lowest BCUT2D eigenvalue weighted by Crippen LogP contribution is -2.19. The van der Waals surface area contributed by atoms with Gasteiger partial charge in [0.15, 0.2) is 0 Å². The van der Waals surface area contributed by atoms with E-state index >= 15 is 0 Å². The zero-order valence-corrected chi connectivity index (χ0v) is 9.07. The summed E-state index contributed by atoms with van der Waals surface area (Å²) in [5.74, 6) is -0.215. The van der Waals surface area contributed by atoms with Crippen molar-refractivity contribution in [3.63, 3.8) is 0 Å². The van der Waals surface area contributed by atoms with Crippen molar-refractivity contribution in [2.45, 2.75) is 33.7 Å². The third-order valence-electron chi connectivity index (χ3n) is 2.33. The summed E-state index contributed by atoms with van der Waals surface area (Å²) in [5, 5.41) is 0. The van der Waals surface area contributed by atoms with Crippen LogP contribution in [0.2, 0.25) is 0 Å². The summed E-state index contributed by atoms with van der Waals surface area (Å²) in [6, 6.07) is -0.295. The van der Waals surface area contributed by atoms with Crippen LogP contribution in [-0.4, -0.2) is 22.1 Å². The molecule has 0 N–H and O–H groups in total. The molecule has 0 spiro atoms. The predicted octanol–water partition coefficient (Wildman–Crippen LogP) is 1.62. The number of rotatable bonds is 3. The molecule has 0 bridgehead atoms. The summed E-state index contributed by atoms with van der Waals surface area (Å²) in [6.07, 6.45) is 1.67. The highest BCUT2D eigenvalue weighted by atomic mass is 16.5. The van der Waals surface area contributed by atoms with E-state index in [1.54, 1.807) is 13.3 Å². The van der Waals surface area contributed by atoms with Crippen LogP contribution in [0.1, 0.15) is 31.3 Å². The lowest BCUT2D eigenvalue weighted by Gasteiger charge is -2.13. The number of ether oxygens (including phenoxy) is 1. The molecule has 0 aliphatic rings. The molecule has 0 aliphatic carbocycles. The molecule has 1 heterocycles. The van der Waals surface area contributed by atoms with Crippen LogP contribution in [0.25, 0.3) is 0 Å². The quantitative estimate of drug-likeness (QED) is 0.690.